The van der Waals surface area contributed by atoms with Crippen LogP contribution < -0.4 is 5.32 Å². The molecular weight excluding hydrogens is 324 g/mol. The molecule has 25 heavy (non-hydrogen) atoms. The summed E-state index contributed by atoms with van der Waals surface area (Å²) >= 11 is 0. The fourth-order valence-corrected chi connectivity index (χ4v) is 2.81. The molecule has 0 radical (unpaired) electrons. The maximum atomic E-state index is 12.3. The summed E-state index contributed by atoms with van der Waals surface area (Å²) in [5, 5.41) is 13.8. The Morgan fingerprint density at radius 3 is 2.40 bits per heavy atom. The number of carbonyl (C=O) groups is 2. The number of nitro benzene ring substituents is 1. The van der Waals surface area contributed by atoms with Gasteiger partial charge in [-0.25, -0.2) is 0 Å². The van der Waals surface area contributed by atoms with E-state index in [9.17, 15) is 19.7 Å². The molecule has 0 saturated carbocycles. The van der Waals surface area contributed by atoms with Crippen molar-refractivity contribution < 1.29 is 14.5 Å². The lowest BCUT2D eigenvalue weighted by Crippen LogP contribution is -2.36. The van der Waals surface area contributed by atoms with E-state index in [1.165, 1.54) is 12.1 Å². The molecule has 1 aliphatic heterocycles. The van der Waals surface area contributed by atoms with E-state index < -0.39 is 4.92 Å². The molecule has 0 bridgehead atoms. The highest BCUT2D eigenvalue weighted by Gasteiger charge is 2.19. The van der Waals surface area contributed by atoms with Crippen molar-refractivity contribution in [1.82, 2.24) is 9.80 Å². The van der Waals surface area contributed by atoms with Crippen molar-refractivity contribution in [3.8, 4) is 0 Å². The van der Waals surface area contributed by atoms with Crippen molar-refractivity contribution >= 4 is 23.2 Å². The molecule has 0 atom stereocenters. The number of nitro groups is 1. The van der Waals surface area contributed by atoms with E-state index in [1.807, 2.05) is 4.90 Å². The monoisotopic (exact) mass is 348 g/mol. The second-order valence-electron chi connectivity index (χ2n) is 6.07. The Balaban J connectivity index is 1.69. The van der Waals surface area contributed by atoms with Crippen LogP contribution in [0, 0.1) is 10.1 Å². The first-order valence-corrected chi connectivity index (χ1v) is 8.49. The molecule has 8 nitrogen and oxygen atoms in total. The summed E-state index contributed by atoms with van der Waals surface area (Å²) in [5.41, 5.74) is 0.853. The summed E-state index contributed by atoms with van der Waals surface area (Å²) < 4.78 is 0. The van der Waals surface area contributed by atoms with Gasteiger partial charge in [-0.15, -0.1) is 0 Å². The third kappa shape index (κ3) is 5.74. The van der Waals surface area contributed by atoms with Gasteiger partial charge in [0.05, 0.1) is 4.92 Å². The number of hydrogen-bond acceptors (Lipinski definition) is 5. The lowest BCUT2D eigenvalue weighted by molar-refractivity contribution is -0.384. The highest BCUT2D eigenvalue weighted by Crippen LogP contribution is 2.15. The predicted octanol–water partition coefficient (Wildman–Crippen LogP) is 1.87. The number of rotatable bonds is 6. The summed E-state index contributed by atoms with van der Waals surface area (Å²) in [5.74, 6) is 0.164. The van der Waals surface area contributed by atoms with Crippen LogP contribution in [0.1, 0.15) is 26.2 Å². The zero-order valence-electron chi connectivity index (χ0n) is 14.4. The van der Waals surface area contributed by atoms with Crippen LogP contribution in [0.4, 0.5) is 11.4 Å². The van der Waals surface area contributed by atoms with Crippen LogP contribution >= 0.6 is 0 Å². The van der Waals surface area contributed by atoms with Crippen molar-refractivity contribution in [3.63, 3.8) is 0 Å². The van der Waals surface area contributed by atoms with E-state index >= 15 is 0 Å². The van der Waals surface area contributed by atoms with Crippen LogP contribution in [0.5, 0.6) is 0 Å². The van der Waals surface area contributed by atoms with E-state index in [2.05, 4.69) is 5.32 Å². The van der Waals surface area contributed by atoms with Crippen LogP contribution in [0.2, 0.25) is 0 Å². The molecule has 2 amide bonds. The second-order valence-corrected chi connectivity index (χ2v) is 6.07. The molecule has 1 N–H and O–H groups in total. The molecule has 1 aliphatic rings. The molecule has 0 aliphatic carbocycles. The summed E-state index contributed by atoms with van der Waals surface area (Å²) in [6, 6.07) is 6.22. The smallest absolute Gasteiger partial charge is 0.269 e. The topological polar surface area (TPSA) is 95.8 Å². The van der Waals surface area contributed by atoms with Crippen molar-refractivity contribution in [3.05, 3.63) is 34.4 Å². The van der Waals surface area contributed by atoms with Crippen molar-refractivity contribution in [2.45, 2.75) is 26.2 Å². The van der Waals surface area contributed by atoms with Gasteiger partial charge in [0, 0.05) is 63.9 Å². The van der Waals surface area contributed by atoms with Gasteiger partial charge in [-0.1, -0.05) is 0 Å². The van der Waals surface area contributed by atoms with Gasteiger partial charge in [-0.2, -0.15) is 0 Å². The normalized spacial score (nSPS) is 14.8. The number of benzene rings is 1. The summed E-state index contributed by atoms with van der Waals surface area (Å²) in [4.78, 5) is 37.5. The molecule has 8 heteroatoms. The molecule has 1 heterocycles. The zero-order valence-corrected chi connectivity index (χ0v) is 14.4. The number of non-ortho nitro benzene ring substituents is 1. The van der Waals surface area contributed by atoms with Gasteiger partial charge in [0.15, 0.2) is 0 Å². The Bertz CT molecular complexity index is 618. The Kier molecular flexibility index (Phi) is 6.73. The van der Waals surface area contributed by atoms with Crippen LogP contribution in [0.15, 0.2) is 24.3 Å². The third-order valence-electron chi connectivity index (χ3n) is 4.27. The Labute approximate surface area is 146 Å². The SMILES string of the molecule is CC(=O)N1CCCN(C(=O)CCCNc2ccc([N+](=O)[O-])cc2)CC1. The Morgan fingerprint density at radius 1 is 1.12 bits per heavy atom. The van der Waals surface area contributed by atoms with Gasteiger partial charge >= 0.3 is 0 Å². The number of nitrogens with zero attached hydrogens (tertiary/aromatic N) is 3. The van der Waals surface area contributed by atoms with E-state index in [1.54, 1.807) is 24.0 Å². The fraction of sp³-hybridized carbons (Fsp3) is 0.529. The minimum atomic E-state index is -0.434. The Morgan fingerprint density at radius 2 is 1.76 bits per heavy atom. The number of anilines is 1. The van der Waals surface area contributed by atoms with Gasteiger partial charge in [-0.3, -0.25) is 19.7 Å². The first kappa shape index (κ1) is 18.7. The number of hydrogen-bond donors (Lipinski definition) is 1. The van der Waals surface area contributed by atoms with E-state index in [-0.39, 0.29) is 17.5 Å². The van der Waals surface area contributed by atoms with Crippen molar-refractivity contribution in [2.75, 3.05) is 38.0 Å². The fourth-order valence-electron chi connectivity index (χ4n) is 2.81. The molecule has 0 aromatic heterocycles. The molecule has 0 spiro atoms. The van der Waals surface area contributed by atoms with Crippen molar-refractivity contribution in [2.24, 2.45) is 0 Å². The molecule has 2 rings (SSSR count). The summed E-state index contributed by atoms with van der Waals surface area (Å²) in [6.07, 6.45) is 1.94. The van der Waals surface area contributed by atoms with Gasteiger partial charge in [0.25, 0.3) is 5.69 Å². The minimum Gasteiger partial charge on any atom is -0.385 e. The first-order valence-electron chi connectivity index (χ1n) is 8.49. The molecule has 136 valence electrons. The molecular formula is C17H24N4O4. The highest BCUT2D eigenvalue weighted by atomic mass is 16.6. The van der Waals surface area contributed by atoms with Crippen LogP contribution in [-0.2, 0) is 9.59 Å². The largest absolute Gasteiger partial charge is 0.385 e. The maximum absolute atomic E-state index is 12.3. The van der Waals surface area contributed by atoms with Crippen molar-refractivity contribution in [1.29, 1.82) is 0 Å². The molecule has 1 saturated heterocycles. The van der Waals surface area contributed by atoms with Gasteiger partial charge in [0.1, 0.15) is 0 Å². The Hall–Kier alpha value is -2.64. The van der Waals surface area contributed by atoms with Gasteiger partial charge in [-0.05, 0) is 25.0 Å². The van der Waals surface area contributed by atoms with E-state index in [4.69, 9.17) is 0 Å². The average molecular weight is 348 g/mol. The first-order chi connectivity index (χ1) is 12.0. The van der Waals surface area contributed by atoms with Gasteiger partial charge < -0.3 is 15.1 Å². The van der Waals surface area contributed by atoms with Gasteiger partial charge in [0.2, 0.25) is 11.8 Å². The molecule has 1 fully saturated rings. The molecule has 0 unspecified atom stereocenters. The van der Waals surface area contributed by atoms with E-state index in [0.717, 1.165) is 12.1 Å². The summed E-state index contributed by atoms with van der Waals surface area (Å²) in [6.45, 7) is 4.77. The third-order valence-corrected chi connectivity index (χ3v) is 4.27. The van der Waals surface area contributed by atoms with E-state index in [0.29, 0.717) is 45.6 Å². The molecule has 1 aromatic carbocycles. The maximum Gasteiger partial charge on any atom is 0.269 e. The number of carbonyl (C=O) groups excluding carboxylic acids is 2. The molecule has 1 aromatic rings. The lowest BCUT2D eigenvalue weighted by atomic mass is 10.2. The number of nitrogens with one attached hydrogen (secondary N) is 1. The van der Waals surface area contributed by atoms with Crippen LogP contribution in [0.3, 0.4) is 0 Å². The second kappa shape index (κ2) is 9.00. The average Bonchev–Trinajstić information content (AvgIpc) is 2.85. The quantitative estimate of drug-likeness (QED) is 0.481. The standard InChI is InChI=1S/C17H24N4O4/c1-14(22)19-10-3-11-20(13-12-19)17(23)4-2-9-18-15-5-7-16(8-6-15)21(24)25/h5-8,18H,2-4,9-13H2,1H3. The minimum absolute atomic E-state index is 0.0569. The zero-order chi connectivity index (χ0) is 18.2. The summed E-state index contributed by atoms with van der Waals surface area (Å²) in [7, 11) is 0. The van der Waals surface area contributed by atoms with Crippen LogP contribution in [0.25, 0.3) is 0 Å². The van der Waals surface area contributed by atoms with Crippen LogP contribution in [-0.4, -0.2) is 59.3 Å². The number of amides is 2. The lowest BCUT2D eigenvalue weighted by Gasteiger charge is -2.21. The predicted molar refractivity (Wildman–Crippen MR) is 94.3 cm³/mol. The highest BCUT2D eigenvalue weighted by molar-refractivity contribution is 5.77.